The van der Waals surface area contributed by atoms with Gasteiger partial charge in [-0.3, -0.25) is 0 Å². The van der Waals surface area contributed by atoms with E-state index in [1.807, 2.05) is 24.3 Å². The van der Waals surface area contributed by atoms with Crippen LogP contribution in [0.5, 0.6) is 0 Å². The minimum atomic E-state index is 0.791. The molecule has 0 N–H and O–H groups in total. The molecule has 0 fully saturated rings. The Kier molecular flexibility index (Phi) is 3.37. The predicted molar refractivity (Wildman–Crippen MR) is 48.9 cm³/mol. The molecular weight excluding hydrogens is 155 g/mol. The molecule has 1 aromatic carbocycles. The SMILES string of the molecule is CCSc1ccccc1B=O. The third kappa shape index (κ3) is 2.19. The van der Waals surface area contributed by atoms with Crippen molar-refractivity contribution in [3.05, 3.63) is 24.3 Å². The van der Waals surface area contributed by atoms with E-state index in [1.54, 1.807) is 11.8 Å². The summed E-state index contributed by atoms with van der Waals surface area (Å²) in [5, 5.41) is 0. The van der Waals surface area contributed by atoms with Crippen LogP contribution < -0.4 is 5.46 Å². The van der Waals surface area contributed by atoms with Crippen molar-refractivity contribution in [2.45, 2.75) is 11.8 Å². The van der Waals surface area contributed by atoms with Gasteiger partial charge in [-0.2, -0.15) is 0 Å². The fourth-order valence-corrected chi connectivity index (χ4v) is 1.63. The molecule has 0 aliphatic carbocycles. The molecule has 0 aliphatic rings. The van der Waals surface area contributed by atoms with E-state index in [2.05, 4.69) is 6.92 Å². The average molecular weight is 164 g/mol. The molecule has 0 heterocycles. The zero-order valence-electron chi connectivity index (χ0n) is 6.41. The molecule has 3 heteroatoms. The Bertz CT molecular complexity index is 250. The fraction of sp³-hybridized carbons (Fsp3) is 0.250. The minimum absolute atomic E-state index is 0.791. The fourth-order valence-electron chi connectivity index (χ4n) is 0.865. The second-order valence-electron chi connectivity index (χ2n) is 2.09. The van der Waals surface area contributed by atoms with Crippen LogP contribution in [-0.4, -0.2) is 12.9 Å². The van der Waals surface area contributed by atoms with Gasteiger partial charge in [-0.15, -0.1) is 0 Å². The summed E-state index contributed by atoms with van der Waals surface area (Å²) in [5.74, 6) is 1.00. The van der Waals surface area contributed by atoms with Crippen LogP contribution in [0.3, 0.4) is 0 Å². The number of benzene rings is 1. The van der Waals surface area contributed by atoms with Gasteiger partial charge in [0.2, 0.25) is 0 Å². The van der Waals surface area contributed by atoms with Crippen molar-refractivity contribution in [2.75, 3.05) is 5.75 Å². The molecule has 1 aromatic rings. The van der Waals surface area contributed by atoms with E-state index in [-0.39, 0.29) is 0 Å². The summed E-state index contributed by atoms with van der Waals surface area (Å²) in [5.41, 5.74) is 0.791. The molecule has 0 bridgehead atoms. The normalized spacial score (nSPS) is 9.18. The molecule has 1 nitrogen and oxygen atoms in total. The molecule has 0 aliphatic heterocycles. The molecule has 11 heavy (non-hydrogen) atoms. The number of hydrogen-bond donors (Lipinski definition) is 0. The third-order valence-electron chi connectivity index (χ3n) is 1.35. The van der Waals surface area contributed by atoms with Crippen molar-refractivity contribution in [3.8, 4) is 0 Å². The zero-order chi connectivity index (χ0) is 8.10. The summed E-state index contributed by atoms with van der Waals surface area (Å²) in [6, 6.07) is 7.64. The van der Waals surface area contributed by atoms with Gasteiger partial charge >= 0.3 is 70.9 Å². The van der Waals surface area contributed by atoms with Crippen LogP contribution >= 0.6 is 11.8 Å². The van der Waals surface area contributed by atoms with E-state index in [1.165, 1.54) is 0 Å². The van der Waals surface area contributed by atoms with Crippen molar-refractivity contribution in [3.63, 3.8) is 0 Å². The van der Waals surface area contributed by atoms with Crippen LogP contribution in [0.15, 0.2) is 29.2 Å². The first-order valence-corrected chi connectivity index (χ1v) is 4.54. The molecule has 0 radical (unpaired) electrons. The second-order valence-corrected chi connectivity index (χ2v) is 3.39. The van der Waals surface area contributed by atoms with Gasteiger partial charge in [0, 0.05) is 0 Å². The first-order chi connectivity index (χ1) is 5.38. The maximum atomic E-state index is 10.5. The van der Waals surface area contributed by atoms with E-state index >= 15 is 0 Å². The van der Waals surface area contributed by atoms with E-state index in [0.29, 0.717) is 0 Å². The quantitative estimate of drug-likeness (QED) is 0.497. The van der Waals surface area contributed by atoms with Crippen molar-refractivity contribution in [1.82, 2.24) is 0 Å². The maximum absolute atomic E-state index is 10.5. The standard InChI is InChI=1S/C8H9BOS/c1-2-11-8-6-4-3-5-7(8)9-10/h3-6H,2H2,1H3. The van der Waals surface area contributed by atoms with Gasteiger partial charge in [0.05, 0.1) is 0 Å². The Morgan fingerprint density at radius 3 is 2.82 bits per heavy atom. The summed E-state index contributed by atoms with van der Waals surface area (Å²) in [7, 11) is 0.901. The molecular formula is C8H9BOS. The Morgan fingerprint density at radius 1 is 1.45 bits per heavy atom. The van der Waals surface area contributed by atoms with Gasteiger partial charge in [-0.25, -0.2) is 0 Å². The second kappa shape index (κ2) is 4.34. The van der Waals surface area contributed by atoms with Gasteiger partial charge in [0.25, 0.3) is 0 Å². The van der Waals surface area contributed by atoms with E-state index in [0.717, 1.165) is 23.3 Å². The summed E-state index contributed by atoms with van der Waals surface area (Å²) in [6.07, 6.45) is 0. The molecule has 0 spiro atoms. The zero-order valence-corrected chi connectivity index (χ0v) is 7.23. The summed E-state index contributed by atoms with van der Waals surface area (Å²) >= 11 is 1.70. The average Bonchev–Trinajstić information content (AvgIpc) is 2.06. The van der Waals surface area contributed by atoms with E-state index in [9.17, 15) is 4.70 Å². The van der Waals surface area contributed by atoms with Gasteiger partial charge in [0.1, 0.15) is 0 Å². The monoisotopic (exact) mass is 164 g/mol. The predicted octanol–water partition coefficient (Wildman–Crippen LogP) is 1.47. The van der Waals surface area contributed by atoms with Gasteiger partial charge in [-0.1, -0.05) is 0 Å². The first-order valence-electron chi connectivity index (χ1n) is 3.55. The Labute approximate surface area is 71.4 Å². The van der Waals surface area contributed by atoms with Crippen LogP contribution in [0.25, 0.3) is 0 Å². The van der Waals surface area contributed by atoms with E-state index in [4.69, 9.17) is 0 Å². The van der Waals surface area contributed by atoms with Crippen molar-refractivity contribution in [1.29, 1.82) is 0 Å². The Morgan fingerprint density at radius 2 is 2.18 bits per heavy atom. The number of rotatable bonds is 3. The van der Waals surface area contributed by atoms with Crippen molar-refractivity contribution < 1.29 is 4.70 Å². The summed E-state index contributed by atoms with van der Waals surface area (Å²) in [4.78, 5) is 1.07. The topological polar surface area (TPSA) is 17.1 Å². The summed E-state index contributed by atoms with van der Waals surface area (Å²) < 4.78 is 10.5. The van der Waals surface area contributed by atoms with Crippen LogP contribution in [0.2, 0.25) is 0 Å². The van der Waals surface area contributed by atoms with Crippen LogP contribution in [0.4, 0.5) is 0 Å². The van der Waals surface area contributed by atoms with E-state index < -0.39 is 0 Å². The molecule has 56 valence electrons. The summed E-state index contributed by atoms with van der Waals surface area (Å²) in [6.45, 7) is 2.08. The Hall–Kier alpha value is -0.565. The van der Waals surface area contributed by atoms with Crippen LogP contribution in [0, 0.1) is 0 Å². The van der Waals surface area contributed by atoms with Gasteiger partial charge in [0.15, 0.2) is 0 Å². The molecule has 0 saturated heterocycles. The van der Waals surface area contributed by atoms with Crippen LogP contribution in [0.1, 0.15) is 6.92 Å². The Balaban J connectivity index is 2.92. The third-order valence-corrected chi connectivity index (χ3v) is 2.32. The van der Waals surface area contributed by atoms with Crippen molar-refractivity contribution in [2.24, 2.45) is 0 Å². The van der Waals surface area contributed by atoms with Gasteiger partial charge in [-0.05, 0) is 0 Å². The van der Waals surface area contributed by atoms with Crippen molar-refractivity contribution >= 4 is 24.4 Å². The molecule has 0 aromatic heterocycles. The number of hydrogen-bond acceptors (Lipinski definition) is 2. The molecule has 0 atom stereocenters. The molecule has 0 unspecified atom stereocenters. The van der Waals surface area contributed by atoms with Gasteiger partial charge < -0.3 is 0 Å². The molecule has 1 rings (SSSR count). The molecule has 0 saturated carbocycles. The molecule has 0 amide bonds. The number of thioether (sulfide) groups is 1. The first kappa shape index (κ1) is 8.53. The van der Waals surface area contributed by atoms with Crippen LogP contribution in [-0.2, 0) is 4.70 Å².